The Balaban J connectivity index is 1.64. The number of fused-ring (bicyclic) bond motifs is 1. The van der Waals surface area contributed by atoms with Crippen molar-refractivity contribution in [2.45, 2.75) is 11.8 Å². The van der Waals surface area contributed by atoms with Gasteiger partial charge in [0.25, 0.3) is 21.8 Å². The van der Waals surface area contributed by atoms with Crippen LogP contribution in [-0.4, -0.2) is 42.4 Å². The molecule has 1 aliphatic heterocycles. The van der Waals surface area contributed by atoms with Crippen LogP contribution in [0.2, 0.25) is 0 Å². The number of hydrogen-bond donors (Lipinski definition) is 2. The summed E-state index contributed by atoms with van der Waals surface area (Å²) in [4.78, 5) is 24.8. The van der Waals surface area contributed by atoms with Gasteiger partial charge in [-0.05, 0) is 37.3 Å². The van der Waals surface area contributed by atoms with Gasteiger partial charge in [-0.25, -0.2) is 12.8 Å². The number of rotatable bonds is 4. The topological polar surface area (TPSA) is 112 Å². The van der Waals surface area contributed by atoms with Crippen molar-refractivity contribution in [3.63, 3.8) is 0 Å². The van der Waals surface area contributed by atoms with E-state index in [1.807, 2.05) is 0 Å². The molecule has 0 saturated heterocycles. The zero-order valence-electron chi connectivity index (χ0n) is 15.4. The van der Waals surface area contributed by atoms with Crippen LogP contribution in [0.3, 0.4) is 0 Å². The lowest BCUT2D eigenvalue weighted by Crippen LogP contribution is -2.24. The van der Waals surface area contributed by atoms with E-state index >= 15 is 0 Å². The summed E-state index contributed by atoms with van der Waals surface area (Å²) in [5.74, 6) is -1.57. The van der Waals surface area contributed by atoms with E-state index in [4.69, 9.17) is 0 Å². The Morgan fingerprint density at radius 3 is 2.48 bits per heavy atom. The summed E-state index contributed by atoms with van der Waals surface area (Å²) in [6.07, 6.45) is 0. The second-order valence-electron chi connectivity index (χ2n) is 6.63. The molecule has 0 bridgehead atoms. The van der Waals surface area contributed by atoms with Gasteiger partial charge in [-0.3, -0.25) is 24.3 Å². The molecule has 1 aromatic heterocycles. The first kappa shape index (κ1) is 18.8. The molecule has 2 heterocycles. The Labute approximate surface area is 165 Å². The first-order valence-corrected chi connectivity index (χ1v) is 9.97. The number of aromatic nitrogens is 2. The number of sulfonamides is 1. The van der Waals surface area contributed by atoms with Crippen molar-refractivity contribution >= 4 is 27.7 Å². The van der Waals surface area contributed by atoms with Gasteiger partial charge in [0.1, 0.15) is 5.82 Å². The van der Waals surface area contributed by atoms with E-state index in [2.05, 4.69) is 14.9 Å². The van der Waals surface area contributed by atoms with Crippen molar-refractivity contribution in [3.05, 3.63) is 65.0 Å². The molecule has 0 fully saturated rings. The Kier molecular flexibility index (Phi) is 4.23. The van der Waals surface area contributed by atoms with Crippen LogP contribution in [0.15, 0.2) is 47.4 Å². The third kappa shape index (κ3) is 3.17. The summed E-state index contributed by atoms with van der Waals surface area (Å²) in [5.41, 5.74) is 1.56. The molecule has 0 radical (unpaired) electrons. The number of aryl methyl sites for hydroxylation is 1. The van der Waals surface area contributed by atoms with E-state index in [1.54, 1.807) is 19.1 Å². The van der Waals surface area contributed by atoms with Gasteiger partial charge in [-0.15, -0.1) is 0 Å². The Hall–Kier alpha value is -3.53. The van der Waals surface area contributed by atoms with Crippen molar-refractivity contribution in [1.29, 1.82) is 0 Å². The molecule has 148 valence electrons. The molecular formula is C19H15FN4O4S. The third-order valence-corrected chi connectivity index (χ3v) is 5.95. The number of H-pyrrole nitrogens is 1. The second-order valence-corrected chi connectivity index (χ2v) is 8.31. The van der Waals surface area contributed by atoms with Gasteiger partial charge in [-0.1, -0.05) is 11.6 Å². The van der Waals surface area contributed by atoms with Gasteiger partial charge < -0.3 is 0 Å². The predicted octanol–water partition coefficient (Wildman–Crippen LogP) is 2.55. The number of halogens is 1. The molecule has 2 N–H and O–H groups in total. The largest absolute Gasteiger partial charge is 0.277 e. The Morgan fingerprint density at radius 1 is 1.00 bits per heavy atom. The fourth-order valence-electron chi connectivity index (χ4n) is 3.06. The van der Waals surface area contributed by atoms with Crippen LogP contribution in [0.25, 0.3) is 11.3 Å². The molecule has 0 unspecified atom stereocenters. The second kappa shape index (κ2) is 6.52. The fraction of sp³-hybridized carbons (Fsp3) is 0.105. The van der Waals surface area contributed by atoms with E-state index < -0.39 is 27.7 Å². The molecule has 10 heteroatoms. The molecule has 0 spiro atoms. The van der Waals surface area contributed by atoms with E-state index in [1.165, 1.54) is 31.3 Å². The molecule has 0 saturated carbocycles. The van der Waals surface area contributed by atoms with Crippen LogP contribution in [-0.2, 0) is 10.0 Å². The van der Waals surface area contributed by atoms with Gasteiger partial charge in [0.2, 0.25) is 0 Å². The lowest BCUT2D eigenvalue weighted by molar-refractivity contribution is 0.0693. The Morgan fingerprint density at radius 2 is 1.72 bits per heavy atom. The predicted molar refractivity (Wildman–Crippen MR) is 102 cm³/mol. The average Bonchev–Trinajstić information content (AvgIpc) is 3.22. The number of nitrogens with one attached hydrogen (secondary N) is 2. The molecule has 8 nitrogen and oxygen atoms in total. The number of carbonyl (C=O) groups is 2. The highest BCUT2D eigenvalue weighted by atomic mass is 32.2. The summed E-state index contributed by atoms with van der Waals surface area (Å²) in [7, 11) is -2.76. The number of aromatic amines is 1. The zero-order chi connectivity index (χ0) is 20.9. The number of imide groups is 1. The summed E-state index contributed by atoms with van der Waals surface area (Å²) in [6, 6.07) is 9.59. The van der Waals surface area contributed by atoms with Crippen LogP contribution in [0.5, 0.6) is 0 Å². The maximum Gasteiger partial charge on any atom is 0.263 e. The number of anilines is 1. The van der Waals surface area contributed by atoms with Gasteiger partial charge in [0.15, 0.2) is 5.82 Å². The summed E-state index contributed by atoms with van der Waals surface area (Å²) in [6.45, 7) is 1.81. The van der Waals surface area contributed by atoms with Gasteiger partial charge in [-0.2, -0.15) is 5.10 Å². The molecule has 0 aliphatic carbocycles. The van der Waals surface area contributed by atoms with Crippen LogP contribution >= 0.6 is 0 Å². The van der Waals surface area contributed by atoms with Crippen LogP contribution in [0.1, 0.15) is 26.3 Å². The molecule has 1 aliphatic rings. The maximum absolute atomic E-state index is 14.0. The quantitative estimate of drug-likeness (QED) is 0.637. The molecule has 2 amide bonds. The minimum atomic E-state index is -4.09. The molecule has 2 aromatic carbocycles. The minimum Gasteiger partial charge on any atom is -0.277 e. The van der Waals surface area contributed by atoms with Gasteiger partial charge >= 0.3 is 0 Å². The molecule has 0 atom stereocenters. The van der Waals surface area contributed by atoms with E-state index in [0.29, 0.717) is 5.69 Å². The zero-order valence-corrected chi connectivity index (χ0v) is 16.2. The Bertz CT molecular complexity index is 1280. The van der Waals surface area contributed by atoms with Crippen LogP contribution in [0.4, 0.5) is 10.2 Å². The molecule has 3 aromatic rings. The molecular weight excluding hydrogens is 399 g/mol. The minimum absolute atomic E-state index is 0.0184. The van der Waals surface area contributed by atoms with E-state index in [9.17, 15) is 22.4 Å². The van der Waals surface area contributed by atoms with Crippen molar-refractivity contribution in [3.8, 4) is 11.3 Å². The highest BCUT2D eigenvalue weighted by Crippen LogP contribution is 2.27. The summed E-state index contributed by atoms with van der Waals surface area (Å²) >= 11 is 0. The third-order valence-electron chi connectivity index (χ3n) is 4.60. The van der Waals surface area contributed by atoms with E-state index in [0.717, 1.165) is 16.5 Å². The standard InChI is InChI=1S/C19H15FN4O4S/c1-10-3-6-15(20)14(7-10)16-9-17(22-21-16)23-29(27,28)11-4-5-12-13(8-11)19(26)24(2)18(12)25/h3-9H,1-2H3,(H2,21,22,23). The number of amides is 2. The number of hydrogen-bond acceptors (Lipinski definition) is 5. The lowest BCUT2D eigenvalue weighted by Gasteiger charge is -2.06. The maximum atomic E-state index is 14.0. The normalized spacial score (nSPS) is 13.7. The van der Waals surface area contributed by atoms with Crippen molar-refractivity contribution < 1.29 is 22.4 Å². The first-order chi connectivity index (χ1) is 13.7. The summed E-state index contributed by atoms with van der Waals surface area (Å²) in [5, 5.41) is 6.48. The monoisotopic (exact) mass is 414 g/mol. The van der Waals surface area contributed by atoms with E-state index in [-0.39, 0.29) is 27.4 Å². The van der Waals surface area contributed by atoms with Crippen molar-refractivity contribution in [2.24, 2.45) is 0 Å². The fourth-order valence-corrected chi connectivity index (χ4v) is 4.08. The summed E-state index contributed by atoms with van der Waals surface area (Å²) < 4.78 is 41.7. The van der Waals surface area contributed by atoms with Gasteiger partial charge in [0.05, 0.1) is 21.7 Å². The molecule has 4 rings (SSSR count). The van der Waals surface area contributed by atoms with Gasteiger partial charge in [0, 0.05) is 18.7 Å². The highest BCUT2D eigenvalue weighted by molar-refractivity contribution is 7.92. The number of nitrogens with zero attached hydrogens (tertiary/aromatic N) is 2. The number of benzene rings is 2. The van der Waals surface area contributed by atoms with Crippen LogP contribution in [0, 0.1) is 12.7 Å². The highest BCUT2D eigenvalue weighted by Gasteiger charge is 2.34. The van der Waals surface area contributed by atoms with Crippen LogP contribution < -0.4 is 4.72 Å². The lowest BCUT2D eigenvalue weighted by atomic mass is 10.1. The molecule has 29 heavy (non-hydrogen) atoms. The van der Waals surface area contributed by atoms with Crippen molar-refractivity contribution in [2.75, 3.05) is 11.8 Å². The first-order valence-electron chi connectivity index (χ1n) is 8.48. The average molecular weight is 414 g/mol. The SMILES string of the molecule is Cc1ccc(F)c(-c2cc(NS(=O)(=O)c3ccc4c(c3)C(=O)N(C)C4=O)n[nH]2)c1. The number of carbonyl (C=O) groups excluding carboxylic acids is 2. The smallest absolute Gasteiger partial charge is 0.263 e. The van der Waals surface area contributed by atoms with Crippen molar-refractivity contribution in [1.82, 2.24) is 15.1 Å².